The summed E-state index contributed by atoms with van der Waals surface area (Å²) in [5.41, 5.74) is -0.671. The zero-order valence-corrected chi connectivity index (χ0v) is 11.2. The maximum atomic E-state index is 10.0. The van der Waals surface area contributed by atoms with Gasteiger partial charge in [-0.25, -0.2) is 0 Å². The molecule has 2 N–H and O–H groups in total. The van der Waals surface area contributed by atoms with Gasteiger partial charge in [-0.05, 0) is 39.2 Å². The summed E-state index contributed by atoms with van der Waals surface area (Å²) in [6, 6.07) is 4.05. The lowest BCUT2D eigenvalue weighted by Crippen LogP contribution is -2.40. The zero-order chi connectivity index (χ0) is 12.2. The molecule has 1 aromatic rings. The third kappa shape index (κ3) is 4.20. The van der Waals surface area contributed by atoms with E-state index in [1.807, 2.05) is 39.2 Å². The molecule has 1 rings (SSSR count). The molecular formula is C12H21NO2S. The van der Waals surface area contributed by atoms with Gasteiger partial charge in [-0.2, -0.15) is 11.8 Å². The molecular weight excluding hydrogens is 222 g/mol. The van der Waals surface area contributed by atoms with Gasteiger partial charge >= 0.3 is 0 Å². The van der Waals surface area contributed by atoms with Gasteiger partial charge in [0.1, 0.15) is 11.5 Å². The van der Waals surface area contributed by atoms with Gasteiger partial charge in [0.2, 0.25) is 0 Å². The van der Waals surface area contributed by atoms with Crippen molar-refractivity contribution in [2.24, 2.45) is 0 Å². The Bertz CT molecular complexity index is 323. The molecule has 0 aliphatic rings. The van der Waals surface area contributed by atoms with Crippen LogP contribution in [0.4, 0.5) is 0 Å². The van der Waals surface area contributed by atoms with Crippen LogP contribution in [0.3, 0.4) is 0 Å². The average Bonchev–Trinajstić information content (AvgIpc) is 2.61. The molecule has 0 fully saturated rings. The maximum absolute atomic E-state index is 10.0. The van der Waals surface area contributed by atoms with E-state index in [0.29, 0.717) is 6.54 Å². The maximum Gasteiger partial charge on any atom is 0.120 e. The molecule has 0 saturated heterocycles. The summed E-state index contributed by atoms with van der Waals surface area (Å²) >= 11 is 1.65. The summed E-state index contributed by atoms with van der Waals surface area (Å²) in [7, 11) is 0. The Labute approximate surface area is 102 Å². The highest BCUT2D eigenvalue weighted by Crippen LogP contribution is 2.17. The molecule has 0 aromatic carbocycles. The monoisotopic (exact) mass is 243 g/mol. The van der Waals surface area contributed by atoms with Gasteiger partial charge in [0, 0.05) is 12.3 Å². The second-order valence-corrected chi connectivity index (χ2v) is 5.35. The number of hydrogen-bond donors (Lipinski definition) is 2. The third-order valence-electron chi connectivity index (χ3n) is 2.43. The largest absolute Gasteiger partial charge is 0.465 e. The summed E-state index contributed by atoms with van der Waals surface area (Å²) in [5, 5.41) is 13.3. The molecule has 0 aliphatic carbocycles. The Morgan fingerprint density at radius 3 is 2.75 bits per heavy atom. The number of aliphatic hydroxyl groups is 1. The molecule has 0 amide bonds. The lowest BCUT2D eigenvalue weighted by atomic mass is 10.1. The number of rotatable bonds is 6. The van der Waals surface area contributed by atoms with Crippen molar-refractivity contribution < 1.29 is 9.52 Å². The highest BCUT2D eigenvalue weighted by Gasteiger charge is 2.21. The number of aryl methyl sites for hydroxylation is 1. The van der Waals surface area contributed by atoms with Gasteiger partial charge in [-0.15, -0.1) is 0 Å². The molecule has 4 heteroatoms. The van der Waals surface area contributed by atoms with Crippen molar-refractivity contribution in [3.8, 4) is 0 Å². The quantitative estimate of drug-likeness (QED) is 0.805. The van der Waals surface area contributed by atoms with Gasteiger partial charge in [0.05, 0.1) is 11.6 Å². The number of hydrogen-bond acceptors (Lipinski definition) is 4. The molecule has 16 heavy (non-hydrogen) atoms. The average molecular weight is 243 g/mol. The minimum Gasteiger partial charge on any atom is -0.465 e. The predicted octanol–water partition coefficient (Wildman–Crippen LogP) is 2.35. The first-order valence-corrected chi connectivity index (χ1v) is 6.85. The Morgan fingerprint density at radius 2 is 2.25 bits per heavy atom. The van der Waals surface area contributed by atoms with Crippen LogP contribution >= 0.6 is 11.8 Å². The summed E-state index contributed by atoms with van der Waals surface area (Å²) in [6.07, 6.45) is 1.99. The van der Waals surface area contributed by atoms with E-state index >= 15 is 0 Å². The second-order valence-electron chi connectivity index (χ2n) is 4.48. The molecule has 1 aromatic heterocycles. The molecule has 0 spiro atoms. The van der Waals surface area contributed by atoms with Crippen LogP contribution in [0.15, 0.2) is 16.5 Å². The smallest absolute Gasteiger partial charge is 0.120 e. The van der Waals surface area contributed by atoms with E-state index in [0.717, 1.165) is 17.3 Å². The van der Waals surface area contributed by atoms with Crippen molar-refractivity contribution in [2.45, 2.75) is 32.4 Å². The Balaban J connectivity index is 2.43. The van der Waals surface area contributed by atoms with Gasteiger partial charge in [0.15, 0.2) is 0 Å². The van der Waals surface area contributed by atoms with E-state index in [9.17, 15) is 5.11 Å². The number of furan rings is 1. The van der Waals surface area contributed by atoms with E-state index < -0.39 is 5.60 Å². The summed E-state index contributed by atoms with van der Waals surface area (Å²) in [6.45, 7) is 6.37. The summed E-state index contributed by atoms with van der Waals surface area (Å²) in [5.74, 6) is 2.56. The molecule has 0 radical (unpaired) electrons. The van der Waals surface area contributed by atoms with Crippen LogP contribution in [0.25, 0.3) is 0 Å². The van der Waals surface area contributed by atoms with Crippen LogP contribution in [-0.4, -0.2) is 29.3 Å². The van der Waals surface area contributed by atoms with Crippen LogP contribution in [0.5, 0.6) is 0 Å². The highest BCUT2D eigenvalue weighted by molar-refractivity contribution is 7.98. The molecule has 1 heterocycles. The van der Waals surface area contributed by atoms with Crippen LogP contribution < -0.4 is 5.32 Å². The minimum absolute atomic E-state index is 0.127. The van der Waals surface area contributed by atoms with Crippen molar-refractivity contribution in [2.75, 3.05) is 18.6 Å². The van der Waals surface area contributed by atoms with E-state index in [2.05, 4.69) is 5.32 Å². The van der Waals surface area contributed by atoms with Crippen LogP contribution in [0.2, 0.25) is 0 Å². The second kappa shape index (κ2) is 5.75. The van der Waals surface area contributed by atoms with Crippen molar-refractivity contribution >= 4 is 11.8 Å². The van der Waals surface area contributed by atoms with E-state index in [1.165, 1.54) is 0 Å². The van der Waals surface area contributed by atoms with Crippen molar-refractivity contribution in [3.63, 3.8) is 0 Å². The fraction of sp³-hybridized carbons (Fsp3) is 0.667. The lowest BCUT2D eigenvalue weighted by Gasteiger charge is -2.24. The van der Waals surface area contributed by atoms with Crippen LogP contribution in [-0.2, 0) is 0 Å². The van der Waals surface area contributed by atoms with Gasteiger partial charge in [-0.3, -0.25) is 0 Å². The third-order valence-corrected chi connectivity index (χ3v) is 3.34. The van der Waals surface area contributed by atoms with Gasteiger partial charge in [0.25, 0.3) is 0 Å². The Kier molecular flexibility index (Phi) is 4.89. The molecule has 0 aliphatic heterocycles. The first-order chi connectivity index (χ1) is 7.44. The molecule has 0 saturated carbocycles. The molecule has 0 bridgehead atoms. The van der Waals surface area contributed by atoms with Gasteiger partial charge < -0.3 is 14.8 Å². The fourth-order valence-corrected chi connectivity index (χ4v) is 2.25. The van der Waals surface area contributed by atoms with E-state index in [-0.39, 0.29) is 6.04 Å². The van der Waals surface area contributed by atoms with E-state index in [4.69, 9.17) is 4.42 Å². The van der Waals surface area contributed by atoms with Crippen molar-refractivity contribution in [1.82, 2.24) is 5.32 Å². The fourth-order valence-electron chi connectivity index (χ4n) is 1.52. The molecule has 92 valence electrons. The predicted molar refractivity (Wildman–Crippen MR) is 68.9 cm³/mol. The van der Waals surface area contributed by atoms with Crippen molar-refractivity contribution in [1.29, 1.82) is 0 Å². The van der Waals surface area contributed by atoms with Crippen LogP contribution in [0, 0.1) is 6.92 Å². The number of nitrogens with one attached hydrogen (secondary N) is 1. The number of thioether (sulfide) groups is 1. The normalized spacial score (nSPS) is 17.1. The lowest BCUT2D eigenvalue weighted by molar-refractivity contribution is 0.0812. The van der Waals surface area contributed by atoms with Crippen molar-refractivity contribution in [3.05, 3.63) is 23.7 Å². The molecule has 3 nitrogen and oxygen atoms in total. The first-order valence-electron chi connectivity index (χ1n) is 5.45. The van der Waals surface area contributed by atoms with E-state index in [1.54, 1.807) is 11.8 Å². The Morgan fingerprint density at radius 1 is 1.56 bits per heavy atom. The van der Waals surface area contributed by atoms with Gasteiger partial charge in [-0.1, -0.05) is 0 Å². The molecule has 2 atom stereocenters. The highest BCUT2D eigenvalue weighted by atomic mass is 32.2. The topological polar surface area (TPSA) is 45.4 Å². The summed E-state index contributed by atoms with van der Waals surface area (Å²) < 4.78 is 5.52. The zero-order valence-electron chi connectivity index (χ0n) is 10.4. The molecule has 2 unspecified atom stereocenters. The standard InChI is InChI=1S/C12H21NO2S/c1-9-5-6-11(15-9)10(2)13-7-12(3,14)8-16-4/h5-6,10,13-14H,7-8H2,1-4H3. The van der Waals surface area contributed by atoms with Crippen LogP contribution in [0.1, 0.15) is 31.4 Å². The SMILES string of the molecule is CSCC(C)(O)CNC(C)c1ccc(C)o1. The Hall–Kier alpha value is -0.450. The summed E-state index contributed by atoms with van der Waals surface area (Å²) in [4.78, 5) is 0. The first kappa shape index (κ1) is 13.6. The minimum atomic E-state index is -0.671.